The van der Waals surface area contributed by atoms with E-state index in [1.807, 2.05) is 0 Å². The van der Waals surface area contributed by atoms with Crippen LogP contribution in [0.2, 0.25) is 0 Å². The van der Waals surface area contributed by atoms with Crippen LogP contribution in [0.1, 0.15) is 32.3 Å². The molecule has 0 saturated heterocycles. The van der Waals surface area contributed by atoms with E-state index in [-0.39, 0.29) is 0 Å². The number of hydrogen-bond donors (Lipinski definition) is 1. The Morgan fingerprint density at radius 1 is 1.30 bits per heavy atom. The van der Waals surface area contributed by atoms with Crippen LogP contribution in [0.4, 0.5) is 0 Å². The van der Waals surface area contributed by atoms with Crippen LogP contribution in [-0.2, 0) is 17.8 Å². The molecule has 108 valence electrons. The number of hydrogen-bond acceptors (Lipinski definition) is 2. The van der Waals surface area contributed by atoms with E-state index in [9.17, 15) is 0 Å². The van der Waals surface area contributed by atoms with Gasteiger partial charge in [-0.3, -0.25) is 0 Å². The zero-order valence-electron chi connectivity index (χ0n) is 12.4. The Morgan fingerprint density at radius 2 is 2.15 bits per heavy atom. The fourth-order valence-electron chi connectivity index (χ4n) is 2.49. The predicted molar refractivity (Wildman–Crippen MR) is 82.9 cm³/mol. The topological polar surface area (TPSA) is 26.2 Å². The van der Waals surface area contributed by atoms with Crippen molar-refractivity contribution in [1.29, 1.82) is 0 Å². The lowest BCUT2D eigenvalue weighted by molar-refractivity contribution is 0.0733. The third kappa shape index (κ3) is 3.41. The van der Waals surface area contributed by atoms with Gasteiger partial charge >= 0.3 is 0 Å². The molecule has 0 spiro atoms. The van der Waals surface area contributed by atoms with E-state index >= 15 is 0 Å². The van der Waals surface area contributed by atoms with Crippen molar-refractivity contribution in [2.75, 3.05) is 6.61 Å². The number of ether oxygens (including phenoxy) is 1. The van der Waals surface area contributed by atoms with Crippen LogP contribution in [0.25, 0.3) is 10.9 Å². The van der Waals surface area contributed by atoms with Crippen molar-refractivity contribution in [1.82, 2.24) is 9.88 Å². The highest BCUT2D eigenvalue weighted by molar-refractivity contribution is 5.80. The molecule has 3 rings (SSSR count). The van der Waals surface area contributed by atoms with Gasteiger partial charge in [0, 0.05) is 30.8 Å². The van der Waals surface area contributed by atoms with Crippen molar-refractivity contribution in [3.8, 4) is 0 Å². The molecule has 1 aliphatic carbocycles. The number of nitrogens with one attached hydrogen (secondary N) is 1. The molecule has 1 aromatic carbocycles. The summed E-state index contributed by atoms with van der Waals surface area (Å²) in [7, 11) is 0. The second-order valence-corrected chi connectivity index (χ2v) is 5.98. The van der Waals surface area contributed by atoms with Crippen LogP contribution in [0, 0.1) is 0 Å². The van der Waals surface area contributed by atoms with Gasteiger partial charge < -0.3 is 14.6 Å². The highest BCUT2D eigenvalue weighted by atomic mass is 16.5. The van der Waals surface area contributed by atoms with Gasteiger partial charge in [0.2, 0.25) is 0 Å². The SMILES string of the molecule is CC(C)OCCn1ccc2cc(CNC3CC3)ccc21. The maximum atomic E-state index is 5.63. The van der Waals surface area contributed by atoms with Gasteiger partial charge in [-0.15, -0.1) is 0 Å². The van der Waals surface area contributed by atoms with Gasteiger partial charge in [-0.1, -0.05) is 6.07 Å². The quantitative estimate of drug-likeness (QED) is 0.837. The normalized spacial score (nSPS) is 15.3. The summed E-state index contributed by atoms with van der Waals surface area (Å²) in [6, 6.07) is 9.73. The van der Waals surface area contributed by atoms with E-state index in [0.717, 1.165) is 25.7 Å². The van der Waals surface area contributed by atoms with Gasteiger partial charge in [-0.2, -0.15) is 0 Å². The van der Waals surface area contributed by atoms with E-state index in [1.54, 1.807) is 0 Å². The van der Waals surface area contributed by atoms with Gasteiger partial charge in [0.1, 0.15) is 0 Å². The van der Waals surface area contributed by atoms with Gasteiger partial charge in [0.05, 0.1) is 12.7 Å². The number of benzene rings is 1. The van der Waals surface area contributed by atoms with Crippen LogP contribution < -0.4 is 5.32 Å². The molecular weight excluding hydrogens is 248 g/mol. The third-order valence-corrected chi connectivity index (χ3v) is 3.79. The summed E-state index contributed by atoms with van der Waals surface area (Å²) in [5.41, 5.74) is 2.67. The lowest BCUT2D eigenvalue weighted by Crippen LogP contribution is -2.15. The summed E-state index contributed by atoms with van der Waals surface area (Å²) < 4.78 is 7.90. The zero-order chi connectivity index (χ0) is 13.9. The Hall–Kier alpha value is -1.32. The average molecular weight is 272 g/mol. The predicted octanol–water partition coefficient (Wildman–Crippen LogP) is 3.32. The summed E-state index contributed by atoms with van der Waals surface area (Å²) in [4.78, 5) is 0. The monoisotopic (exact) mass is 272 g/mol. The first-order valence-corrected chi connectivity index (χ1v) is 7.65. The highest BCUT2D eigenvalue weighted by Gasteiger charge is 2.19. The van der Waals surface area contributed by atoms with E-state index in [4.69, 9.17) is 4.74 Å². The fraction of sp³-hybridized carbons (Fsp3) is 0.529. The standard InChI is InChI=1S/C17H24N2O/c1-13(2)20-10-9-19-8-7-15-11-14(3-6-17(15)19)12-18-16-4-5-16/h3,6-8,11,13,16,18H,4-5,9-10,12H2,1-2H3. The Balaban J connectivity index is 1.65. The van der Waals surface area contributed by atoms with Gasteiger partial charge in [-0.05, 0) is 55.8 Å². The van der Waals surface area contributed by atoms with Gasteiger partial charge in [-0.25, -0.2) is 0 Å². The largest absolute Gasteiger partial charge is 0.377 e. The Kier molecular flexibility index (Phi) is 4.08. The molecule has 1 N–H and O–H groups in total. The van der Waals surface area contributed by atoms with Crippen molar-refractivity contribution in [3.63, 3.8) is 0 Å². The molecule has 20 heavy (non-hydrogen) atoms. The molecule has 1 fully saturated rings. The Labute approximate surface area is 120 Å². The van der Waals surface area contributed by atoms with Crippen molar-refractivity contribution in [2.24, 2.45) is 0 Å². The van der Waals surface area contributed by atoms with Gasteiger partial charge in [0.15, 0.2) is 0 Å². The first-order chi connectivity index (χ1) is 9.72. The molecule has 0 unspecified atom stereocenters. The Bertz CT molecular complexity index is 569. The number of nitrogens with zero attached hydrogens (tertiary/aromatic N) is 1. The van der Waals surface area contributed by atoms with E-state index in [1.165, 1.54) is 29.3 Å². The van der Waals surface area contributed by atoms with Crippen LogP contribution in [0.15, 0.2) is 30.5 Å². The molecule has 1 aromatic heterocycles. The van der Waals surface area contributed by atoms with E-state index in [2.05, 4.69) is 54.2 Å². The maximum Gasteiger partial charge on any atom is 0.0649 e. The molecular formula is C17H24N2O. The maximum absolute atomic E-state index is 5.63. The molecule has 1 heterocycles. The molecule has 3 heteroatoms. The lowest BCUT2D eigenvalue weighted by Gasteiger charge is -2.09. The second kappa shape index (κ2) is 5.98. The average Bonchev–Trinajstić information content (AvgIpc) is 3.17. The third-order valence-electron chi connectivity index (χ3n) is 3.79. The van der Waals surface area contributed by atoms with Crippen LogP contribution >= 0.6 is 0 Å². The van der Waals surface area contributed by atoms with Gasteiger partial charge in [0.25, 0.3) is 0 Å². The second-order valence-electron chi connectivity index (χ2n) is 5.98. The number of aromatic nitrogens is 1. The molecule has 0 radical (unpaired) electrons. The first kappa shape index (κ1) is 13.7. The summed E-state index contributed by atoms with van der Waals surface area (Å²) in [5.74, 6) is 0. The summed E-state index contributed by atoms with van der Waals surface area (Å²) >= 11 is 0. The first-order valence-electron chi connectivity index (χ1n) is 7.65. The van der Waals surface area contributed by atoms with Crippen LogP contribution in [0.3, 0.4) is 0 Å². The lowest BCUT2D eigenvalue weighted by atomic mass is 10.1. The van der Waals surface area contributed by atoms with E-state index in [0.29, 0.717) is 6.10 Å². The molecule has 0 bridgehead atoms. The molecule has 2 aromatic rings. The summed E-state index contributed by atoms with van der Waals surface area (Å²) in [6.07, 6.45) is 5.15. The van der Waals surface area contributed by atoms with E-state index < -0.39 is 0 Å². The van der Waals surface area contributed by atoms with Crippen molar-refractivity contribution in [2.45, 2.75) is 51.9 Å². The smallest absolute Gasteiger partial charge is 0.0649 e. The van der Waals surface area contributed by atoms with Crippen molar-refractivity contribution < 1.29 is 4.74 Å². The highest BCUT2D eigenvalue weighted by Crippen LogP contribution is 2.21. The Morgan fingerprint density at radius 3 is 2.90 bits per heavy atom. The molecule has 0 amide bonds. The minimum atomic E-state index is 0.303. The molecule has 0 aliphatic heterocycles. The fourth-order valence-corrected chi connectivity index (χ4v) is 2.49. The minimum Gasteiger partial charge on any atom is -0.377 e. The summed E-state index contributed by atoms with van der Waals surface area (Å²) in [5, 5.41) is 4.89. The zero-order valence-corrected chi connectivity index (χ0v) is 12.4. The number of fused-ring (bicyclic) bond motifs is 1. The minimum absolute atomic E-state index is 0.303. The molecule has 1 aliphatic rings. The van der Waals surface area contributed by atoms with Crippen LogP contribution in [-0.4, -0.2) is 23.3 Å². The number of rotatable bonds is 7. The van der Waals surface area contributed by atoms with Crippen molar-refractivity contribution >= 4 is 10.9 Å². The van der Waals surface area contributed by atoms with Crippen molar-refractivity contribution in [3.05, 3.63) is 36.0 Å². The summed E-state index contributed by atoms with van der Waals surface area (Å²) in [6.45, 7) is 6.83. The molecule has 0 atom stereocenters. The molecule has 3 nitrogen and oxygen atoms in total. The van der Waals surface area contributed by atoms with Crippen LogP contribution in [0.5, 0.6) is 0 Å². The molecule has 1 saturated carbocycles.